The van der Waals surface area contributed by atoms with Gasteiger partial charge in [0.2, 0.25) is 11.8 Å². The number of likely N-dealkylation sites (tertiary alicyclic amines) is 1. The molecule has 1 aromatic rings. The van der Waals surface area contributed by atoms with Crippen LogP contribution in [0.25, 0.3) is 0 Å². The van der Waals surface area contributed by atoms with Crippen molar-refractivity contribution in [2.24, 2.45) is 11.8 Å². The van der Waals surface area contributed by atoms with Crippen molar-refractivity contribution in [3.8, 4) is 0 Å². The van der Waals surface area contributed by atoms with Gasteiger partial charge in [0.1, 0.15) is 6.04 Å². The largest absolute Gasteiger partial charge is 0.480 e. The Morgan fingerprint density at radius 2 is 1.58 bits per heavy atom. The molecule has 0 aliphatic carbocycles. The summed E-state index contributed by atoms with van der Waals surface area (Å²) in [5, 5.41) is 11.2. The van der Waals surface area contributed by atoms with E-state index in [1.54, 1.807) is 12.1 Å². The molecule has 4 amide bonds. The Morgan fingerprint density at radius 1 is 0.917 bits per heavy atom. The topological polar surface area (TPSA) is 127 Å². The molecule has 1 aromatic carbocycles. The first-order valence-electron chi connectivity index (χ1n) is 12.9. The van der Waals surface area contributed by atoms with Gasteiger partial charge >= 0.3 is 5.97 Å². The summed E-state index contributed by atoms with van der Waals surface area (Å²) >= 11 is 0. The zero-order valence-corrected chi connectivity index (χ0v) is 20.3. The third-order valence-corrected chi connectivity index (χ3v) is 8.13. The minimum atomic E-state index is -0.962. The van der Waals surface area contributed by atoms with Crippen molar-refractivity contribution in [2.45, 2.75) is 51.0 Å². The van der Waals surface area contributed by atoms with Crippen LogP contribution in [0.2, 0.25) is 0 Å². The van der Waals surface area contributed by atoms with E-state index in [0.29, 0.717) is 23.0 Å². The van der Waals surface area contributed by atoms with Gasteiger partial charge in [0, 0.05) is 19.5 Å². The van der Waals surface area contributed by atoms with E-state index in [0.717, 1.165) is 68.9 Å². The Bertz CT molecular complexity index is 1090. The van der Waals surface area contributed by atoms with Crippen LogP contribution in [0.1, 0.15) is 65.7 Å². The molecule has 36 heavy (non-hydrogen) atoms. The Hall–Kier alpha value is -3.27. The van der Waals surface area contributed by atoms with Crippen LogP contribution in [-0.4, -0.2) is 83.3 Å². The smallest absolute Gasteiger partial charge is 0.317 e. The number of nitrogens with zero attached hydrogens (tertiary/aromatic N) is 3. The third-order valence-electron chi connectivity index (χ3n) is 8.13. The van der Waals surface area contributed by atoms with E-state index in [1.807, 2.05) is 11.0 Å². The van der Waals surface area contributed by atoms with Gasteiger partial charge in [-0.3, -0.25) is 39.1 Å². The van der Waals surface area contributed by atoms with Crippen LogP contribution in [0.15, 0.2) is 18.2 Å². The molecule has 0 bridgehead atoms. The van der Waals surface area contributed by atoms with Gasteiger partial charge in [0.05, 0.1) is 23.4 Å². The molecule has 4 aliphatic heterocycles. The van der Waals surface area contributed by atoms with E-state index < -0.39 is 29.7 Å². The van der Waals surface area contributed by atoms with E-state index in [4.69, 9.17) is 5.11 Å². The first kappa shape index (κ1) is 24.4. The molecule has 192 valence electrons. The highest BCUT2D eigenvalue weighted by atomic mass is 16.4. The fourth-order valence-corrected chi connectivity index (χ4v) is 6.21. The summed E-state index contributed by atoms with van der Waals surface area (Å²) in [6, 6.07) is 4.32. The fraction of sp³-hybridized carbons (Fsp3) is 0.577. The van der Waals surface area contributed by atoms with Gasteiger partial charge in [-0.25, -0.2) is 0 Å². The monoisotopic (exact) mass is 496 g/mol. The van der Waals surface area contributed by atoms with Crippen molar-refractivity contribution in [1.82, 2.24) is 15.1 Å². The SMILES string of the molecule is O=C(O)CN1CCC(CC2CCN(c3cccc4c3C(=O)N(C3CCC(=O)NC3=O)C4=O)CC2)CC1. The molecule has 0 spiro atoms. The molecule has 4 aliphatic rings. The van der Waals surface area contributed by atoms with Crippen molar-refractivity contribution in [3.05, 3.63) is 29.3 Å². The number of aliphatic carboxylic acids is 1. The number of imide groups is 2. The number of carboxylic acid groups (broad SMARTS) is 1. The highest BCUT2D eigenvalue weighted by Gasteiger charge is 2.46. The number of anilines is 1. The summed E-state index contributed by atoms with van der Waals surface area (Å²) in [7, 11) is 0. The molecule has 3 saturated heterocycles. The van der Waals surface area contributed by atoms with Crippen molar-refractivity contribution >= 4 is 35.3 Å². The Kier molecular flexibility index (Phi) is 6.79. The van der Waals surface area contributed by atoms with Crippen molar-refractivity contribution in [3.63, 3.8) is 0 Å². The molecule has 10 heteroatoms. The Labute approximate surface area is 209 Å². The van der Waals surface area contributed by atoms with Crippen LogP contribution in [0, 0.1) is 11.8 Å². The summed E-state index contributed by atoms with van der Waals surface area (Å²) in [5.74, 6) is -1.49. The van der Waals surface area contributed by atoms with E-state index >= 15 is 0 Å². The number of carbonyl (C=O) groups is 5. The lowest BCUT2D eigenvalue weighted by Gasteiger charge is -2.37. The highest BCUT2D eigenvalue weighted by molar-refractivity contribution is 6.25. The predicted octanol–water partition coefficient (Wildman–Crippen LogP) is 1.49. The molecule has 0 radical (unpaired) electrons. The van der Waals surface area contributed by atoms with Gasteiger partial charge in [-0.2, -0.15) is 0 Å². The van der Waals surface area contributed by atoms with Crippen molar-refractivity contribution < 1.29 is 29.1 Å². The molecular formula is C26H32N4O6. The maximum absolute atomic E-state index is 13.4. The molecule has 4 heterocycles. The first-order chi connectivity index (χ1) is 17.3. The van der Waals surface area contributed by atoms with Gasteiger partial charge in [0.15, 0.2) is 0 Å². The Morgan fingerprint density at radius 3 is 2.22 bits per heavy atom. The second kappa shape index (κ2) is 10.0. The number of piperidine rings is 3. The minimum Gasteiger partial charge on any atom is -0.480 e. The molecule has 1 unspecified atom stereocenters. The molecule has 3 fully saturated rings. The predicted molar refractivity (Wildman–Crippen MR) is 129 cm³/mol. The summed E-state index contributed by atoms with van der Waals surface area (Å²) < 4.78 is 0. The maximum atomic E-state index is 13.4. The zero-order chi connectivity index (χ0) is 25.4. The average Bonchev–Trinajstić information content (AvgIpc) is 3.11. The number of carboxylic acids is 1. The number of benzene rings is 1. The van der Waals surface area contributed by atoms with E-state index in [-0.39, 0.29) is 25.3 Å². The number of fused-ring (bicyclic) bond motifs is 1. The molecule has 1 atom stereocenters. The standard InChI is InChI=1S/C26H32N4O6/c31-21-5-4-20(24(34)27-21)30-25(35)18-2-1-3-19(23(18)26(30)36)29-12-8-17(9-13-29)14-16-6-10-28(11-7-16)15-22(32)33/h1-3,16-17,20H,4-15H2,(H,32,33)(H,27,31,34). The molecule has 0 saturated carbocycles. The van der Waals surface area contributed by atoms with E-state index in [9.17, 15) is 24.0 Å². The lowest BCUT2D eigenvalue weighted by Crippen LogP contribution is -2.54. The molecule has 5 rings (SSSR count). The van der Waals surface area contributed by atoms with Crippen molar-refractivity contribution in [2.75, 3.05) is 37.6 Å². The van der Waals surface area contributed by atoms with Gasteiger partial charge < -0.3 is 10.0 Å². The molecular weight excluding hydrogens is 464 g/mol. The van der Waals surface area contributed by atoms with Gasteiger partial charge in [-0.15, -0.1) is 0 Å². The van der Waals surface area contributed by atoms with Gasteiger partial charge in [0.25, 0.3) is 11.8 Å². The fourth-order valence-electron chi connectivity index (χ4n) is 6.21. The lowest BCUT2D eigenvalue weighted by molar-refractivity contribution is -0.139. The second-order valence-electron chi connectivity index (χ2n) is 10.4. The van der Waals surface area contributed by atoms with Crippen LogP contribution in [0.5, 0.6) is 0 Å². The minimum absolute atomic E-state index is 0.1000. The van der Waals surface area contributed by atoms with Crippen LogP contribution >= 0.6 is 0 Å². The number of amides is 4. The number of rotatable bonds is 6. The van der Waals surface area contributed by atoms with Crippen LogP contribution in [-0.2, 0) is 14.4 Å². The molecule has 10 nitrogen and oxygen atoms in total. The normalized spacial score (nSPS) is 24.3. The summed E-state index contributed by atoms with van der Waals surface area (Å²) in [6.07, 6.45) is 5.45. The van der Waals surface area contributed by atoms with Crippen LogP contribution in [0.4, 0.5) is 5.69 Å². The average molecular weight is 497 g/mol. The third kappa shape index (κ3) is 4.74. The van der Waals surface area contributed by atoms with Gasteiger partial charge in [-0.1, -0.05) is 6.07 Å². The highest BCUT2D eigenvalue weighted by Crippen LogP contribution is 2.37. The lowest BCUT2D eigenvalue weighted by atomic mass is 9.82. The number of hydrogen-bond acceptors (Lipinski definition) is 7. The van der Waals surface area contributed by atoms with E-state index in [1.165, 1.54) is 0 Å². The summed E-state index contributed by atoms with van der Waals surface area (Å²) in [4.78, 5) is 66.5. The van der Waals surface area contributed by atoms with Gasteiger partial charge in [-0.05, 0) is 75.6 Å². The second-order valence-corrected chi connectivity index (χ2v) is 10.4. The van der Waals surface area contributed by atoms with Crippen molar-refractivity contribution in [1.29, 1.82) is 0 Å². The quantitative estimate of drug-likeness (QED) is 0.567. The van der Waals surface area contributed by atoms with E-state index in [2.05, 4.69) is 10.2 Å². The number of hydrogen-bond donors (Lipinski definition) is 2. The summed E-state index contributed by atoms with van der Waals surface area (Å²) in [6.45, 7) is 3.38. The first-order valence-corrected chi connectivity index (χ1v) is 12.9. The van der Waals surface area contributed by atoms with Crippen LogP contribution < -0.4 is 10.2 Å². The summed E-state index contributed by atoms with van der Waals surface area (Å²) in [5.41, 5.74) is 1.41. The van der Waals surface area contributed by atoms with Crippen LogP contribution in [0.3, 0.4) is 0 Å². The number of carbonyl (C=O) groups excluding carboxylic acids is 4. The number of nitrogens with one attached hydrogen (secondary N) is 1. The maximum Gasteiger partial charge on any atom is 0.317 e. The molecule has 0 aromatic heterocycles. The zero-order valence-electron chi connectivity index (χ0n) is 20.3. The Balaban J connectivity index is 1.21. The molecule has 2 N–H and O–H groups in total.